The van der Waals surface area contributed by atoms with Crippen LogP contribution in [0.25, 0.3) is 22.3 Å². The molecule has 7 heteroatoms. The Bertz CT molecular complexity index is 1570. The standard InChI is InChI=1S/C34H35N3O4/c1-25(38)35-29-14-8-13-28(21-29)31-23-37(33(40)22-30(31)27-11-6-3-7-12-27)24-34(41)17-19-36(20-18-34)32(39)16-15-26-9-4-2-5-10-26/h2-14,21-23,41H,15-20,24H2,1H3,(H,35,38). The molecular weight excluding hydrogens is 514 g/mol. The van der Waals surface area contributed by atoms with E-state index in [-0.39, 0.29) is 23.9 Å². The number of aliphatic hydroxyl groups is 1. The van der Waals surface area contributed by atoms with Gasteiger partial charge in [0.1, 0.15) is 0 Å². The largest absolute Gasteiger partial charge is 0.388 e. The second-order valence-corrected chi connectivity index (χ2v) is 10.8. The van der Waals surface area contributed by atoms with Gasteiger partial charge >= 0.3 is 0 Å². The number of pyridine rings is 1. The van der Waals surface area contributed by atoms with E-state index in [1.807, 2.05) is 89.8 Å². The summed E-state index contributed by atoms with van der Waals surface area (Å²) in [6, 6.07) is 28.8. The molecule has 1 fully saturated rings. The summed E-state index contributed by atoms with van der Waals surface area (Å²) in [7, 11) is 0. The van der Waals surface area contributed by atoms with Gasteiger partial charge in [-0.05, 0) is 53.6 Å². The van der Waals surface area contributed by atoms with Crippen molar-refractivity contribution in [2.24, 2.45) is 0 Å². The number of amides is 2. The van der Waals surface area contributed by atoms with Crippen LogP contribution in [0.4, 0.5) is 5.69 Å². The maximum absolute atomic E-state index is 13.3. The van der Waals surface area contributed by atoms with Gasteiger partial charge in [0.05, 0.1) is 12.1 Å². The van der Waals surface area contributed by atoms with Crippen molar-refractivity contribution in [1.29, 1.82) is 0 Å². The summed E-state index contributed by atoms with van der Waals surface area (Å²) in [6.07, 6.45) is 3.71. The Morgan fingerprint density at radius 3 is 2.20 bits per heavy atom. The van der Waals surface area contributed by atoms with E-state index in [0.717, 1.165) is 27.8 Å². The lowest BCUT2D eigenvalue weighted by molar-refractivity contribution is -0.135. The van der Waals surface area contributed by atoms with Crippen molar-refractivity contribution in [1.82, 2.24) is 9.47 Å². The third-order valence-corrected chi connectivity index (χ3v) is 7.69. The lowest BCUT2D eigenvalue weighted by Crippen LogP contribution is -2.49. The van der Waals surface area contributed by atoms with E-state index in [1.165, 1.54) is 6.92 Å². The van der Waals surface area contributed by atoms with Gasteiger partial charge in [-0.2, -0.15) is 0 Å². The number of hydrogen-bond acceptors (Lipinski definition) is 4. The highest BCUT2D eigenvalue weighted by molar-refractivity contribution is 5.90. The molecule has 0 aliphatic carbocycles. The van der Waals surface area contributed by atoms with Crippen molar-refractivity contribution in [2.75, 3.05) is 18.4 Å². The fourth-order valence-electron chi connectivity index (χ4n) is 5.45. The number of nitrogens with one attached hydrogen (secondary N) is 1. The fraction of sp³-hybridized carbons (Fsp3) is 0.265. The summed E-state index contributed by atoms with van der Waals surface area (Å²) in [4.78, 5) is 39.7. The molecule has 0 bridgehead atoms. The predicted molar refractivity (Wildman–Crippen MR) is 161 cm³/mol. The highest BCUT2D eigenvalue weighted by Gasteiger charge is 2.34. The molecule has 1 aliphatic heterocycles. The topological polar surface area (TPSA) is 91.6 Å². The van der Waals surface area contributed by atoms with Crippen LogP contribution in [0.2, 0.25) is 0 Å². The summed E-state index contributed by atoms with van der Waals surface area (Å²) in [5, 5.41) is 14.3. The number of likely N-dealkylation sites (tertiary alicyclic amines) is 1. The molecular formula is C34H35N3O4. The van der Waals surface area contributed by atoms with Crippen LogP contribution in [0.3, 0.4) is 0 Å². The number of anilines is 1. The monoisotopic (exact) mass is 549 g/mol. The third kappa shape index (κ3) is 6.99. The summed E-state index contributed by atoms with van der Waals surface area (Å²) >= 11 is 0. The summed E-state index contributed by atoms with van der Waals surface area (Å²) in [5.41, 5.74) is 3.82. The molecule has 2 heterocycles. The van der Waals surface area contributed by atoms with Gasteiger partial charge in [0, 0.05) is 49.9 Å². The fourth-order valence-corrected chi connectivity index (χ4v) is 5.45. The van der Waals surface area contributed by atoms with Crippen LogP contribution in [0.1, 0.15) is 31.7 Å². The number of carbonyl (C=O) groups is 2. The van der Waals surface area contributed by atoms with Crippen LogP contribution < -0.4 is 10.9 Å². The van der Waals surface area contributed by atoms with Gasteiger partial charge in [0.15, 0.2) is 0 Å². The molecule has 0 atom stereocenters. The number of rotatable bonds is 8. The molecule has 0 spiro atoms. The lowest BCUT2D eigenvalue weighted by Gasteiger charge is -2.38. The second kappa shape index (κ2) is 12.4. The van der Waals surface area contributed by atoms with E-state index < -0.39 is 5.60 Å². The summed E-state index contributed by atoms with van der Waals surface area (Å²) in [6.45, 7) is 2.50. The molecule has 7 nitrogen and oxygen atoms in total. The average Bonchev–Trinajstić information content (AvgIpc) is 2.98. The first-order valence-corrected chi connectivity index (χ1v) is 14.0. The molecule has 1 aromatic heterocycles. The normalized spacial score (nSPS) is 14.4. The number of aryl methyl sites for hydroxylation is 1. The molecule has 0 saturated carbocycles. The minimum atomic E-state index is -1.11. The smallest absolute Gasteiger partial charge is 0.251 e. The summed E-state index contributed by atoms with van der Waals surface area (Å²) in [5.74, 6) is -0.0795. The maximum atomic E-state index is 13.3. The van der Waals surface area contributed by atoms with Crippen LogP contribution in [-0.4, -0.2) is 45.1 Å². The van der Waals surface area contributed by atoms with Gasteiger partial charge in [-0.3, -0.25) is 14.4 Å². The van der Waals surface area contributed by atoms with E-state index in [2.05, 4.69) is 5.32 Å². The zero-order chi connectivity index (χ0) is 28.8. The Morgan fingerprint density at radius 1 is 0.854 bits per heavy atom. The van der Waals surface area contributed by atoms with Crippen LogP contribution in [0.15, 0.2) is 102 Å². The van der Waals surface area contributed by atoms with Gasteiger partial charge in [0.2, 0.25) is 11.8 Å². The molecule has 5 rings (SSSR count). The van der Waals surface area contributed by atoms with Crippen molar-refractivity contribution in [3.8, 4) is 22.3 Å². The highest BCUT2D eigenvalue weighted by Crippen LogP contribution is 2.33. The van der Waals surface area contributed by atoms with Crippen molar-refractivity contribution >= 4 is 17.5 Å². The van der Waals surface area contributed by atoms with Crippen LogP contribution in [0.5, 0.6) is 0 Å². The van der Waals surface area contributed by atoms with Gasteiger partial charge in [-0.1, -0.05) is 72.8 Å². The third-order valence-electron chi connectivity index (χ3n) is 7.69. The molecule has 0 radical (unpaired) electrons. The van der Waals surface area contributed by atoms with Crippen molar-refractivity contribution in [3.63, 3.8) is 0 Å². The zero-order valence-electron chi connectivity index (χ0n) is 23.3. The summed E-state index contributed by atoms with van der Waals surface area (Å²) < 4.78 is 1.57. The van der Waals surface area contributed by atoms with E-state index in [4.69, 9.17) is 0 Å². The SMILES string of the molecule is CC(=O)Nc1cccc(-c2cn(CC3(O)CCN(C(=O)CCc4ccccc4)CC3)c(=O)cc2-c2ccccc2)c1. The van der Waals surface area contributed by atoms with Gasteiger partial charge in [-0.15, -0.1) is 0 Å². The van der Waals surface area contributed by atoms with E-state index in [0.29, 0.717) is 44.5 Å². The Kier molecular flexibility index (Phi) is 8.45. The van der Waals surface area contributed by atoms with Gasteiger partial charge in [0.25, 0.3) is 5.56 Å². The first-order chi connectivity index (χ1) is 19.8. The lowest BCUT2D eigenvalue weighted by atomic mass is 9.90. The maximum Gasteiger partial charge on any atom is 0.251 e. The molecule has 2 N–H and O–H groups in total. The average molecular weight is 550 g/mol. The Hall–Kier alpha value is -4.49. The first-order valence-electron chi connectivity index (χ1n) is 14.0. The Morgan fingerprint density at radius 2 is 1.51 bits per heavy atom. The van der Waals surface area contributed by atoms with Crippen molar-refractivity contribution in [2.45, 2.75) is 44.8 Å². The van der Waals surface area contributed by atoms with Gasteiger partial charge < -0.3 is 19.9 Å². The number of piperidine rings is 1. The van der Waals surface area contributed by atoms with Crippen LogP contribution in [-0.2, 0) is 22.6 Å². The molecule has 41 heavy (non-hydrogen) atoms. The Labute approximate surface area is 240 Å². The van der Waals surface area contributed by atoms with Crippen LogP contribution >= 0.6 is 0 Å². The van der Waals surface area contributed by atoms with Crippen molar-refractivity contribution < 1.29 is 14.7 Å². The molecule has 210 valence electrons. The van der Waals surface area contributed by atoms with Gasteiger partial charge in [-0.25, -0.2) is 0 Å². The quantitative estimate of drug-likeness (QED) is 0.319. The first kappa shape index (κ1) is 28.1. The molecule has 2 amide bonds. The van der Waals surface area contributed by atoms with E-state index in [1.54, 1.807) is 16.8 Å². The Balaban J connectivity index is 1.36. The molecule has 1 aliphatic rings. The van der Waals surface area contributed by atoms with Crippen LogP contribution in [0, 0.1) is 0 Å². The zero-order valence-corrected chi connectivity index (χ0v) is 23.3. The number of carbonyl (C=O) groups excluding carboxylic acids is 2. The van der Waals surface area contributed by atoms with Crippen molar-refractivity contribution in [3.05, 3.63) is 113 Å². The number of aromatic nitrogens is 1. The van der Waals surface area contributed by atoms with E-state index >= 15 is 0 Å². The minimum Gasteiger partial charge on any atom is -0.388 e. The predicted octanol–water partition coefficient (Wildman–Crippen LogP) is 5.13. The number of benzene rings is 3. The molecule has 0 unspecified atom stereocenters. The molecule has 1 saturated heterocycles. The second-order valence-electron chi connectivity index (χ2n) is 10.8. The van der Waals surface area contributed by atoms with E-state index in [9.17, 15) is 19.5 Å². The molecule has 3 aromatic carbocycles. The molecule has 4 aromatic rings. The highest BCUT2D eigenvalue weighted by atomic mass is 16.3. The number of hydrogen-bond donors (Lipinski definition) is 2. The number of nitrogens with zero attached hydrogens (tertiary/aromatic N) is 2. The minimum absolute atomic E-state index is 0.0848.